The Kier molecular flexibility index (Phi) is 4.64. The van der Waals surface area contributed by atoms with E-state index in [-0.39, 0.29) is 12.5 Å². The number of rotatable bonds is 6. The van der Waals surface area contributed by atoms with Crippen molar-refractivity contribution in [1.82, 2.24) is 15.0 Å². The lowest BCUT2D eigenvalue weighted by Crippen LogP contribution is -2.13. The number of nitrogens with zero attached hydrogens (tertiary/aromatic N) is 3. The Morgan fingerprint density at radius 3 is 2.04 bits per heavy atom. The van der Waals surface area contributed by atoms with Crippen LogP contribution in [0.1, 0.15) is 28.4 Å². The number of aliphatic hydroxyl groups excluding tert-OH is 1. The zero-order chi connectivity index (χ0) is 16.1. The molecule has 0 radical (unpaired) electrons. The van der Waals surface area contributed by atoms with Gasteiger partial charge < -0.3 is 5.11 Å². The summed E-state index contributed by atoms with van der Waals surface area (Å²) in [5, 5.41) is 18.0. The van der Waals surface area contributed by atoms with Crippen LogP contribution >= 0.6 is 0 Å². The molecule has 0 aliphatic carbocycles. The average Bonchev–Trinajstić information content (AvgIpc) is 3.00. The van der Waals surface area contributed by atoms with E-state index in [0.717, 1.165) is 16.8 Å². The van der Waals surface area contributed by atoms with E-state index in [9.17, 15) is 5.11 Å². The fraction of sp³-hybridized carbons (Fsp3) is 0.158. The quantitative estimate of drug-likeness (QED) is 0.712. The Hall–Kier alpha value is -2.72. The Bertz CT molecular complexity index is 726. The molecular weight excluding hydrogens is 286 g/mol. The molecule has 0 spiro atoms. The molecule has 0 saturated heterocycles. The summed E-state index contributed by atoms with van der Waals surface area (Å²) in [6.07, 6.45) is 1.78. The smallest absolute Gasteiger partial charge is 0.112 e. The van der Waals surface area contributed by atoms with Gasteiger partial charge >= 0.3 is 0 Å². The second kappa shape index (κ2) is 7.03. The van der Waals surface area contributed by atoms with Crippen molar-refractivity contribution in [2.75, 3.05) is 0 Å². The molecule has 1 heterocycles. The zero-order valence-electron chi connectivity index (χ0n) is 12.8. The molecule has 3 rings (SSSR count). The van der Waals surface area contributed by atoms with Gasteiger partial charge in [-0.05, 0) is 11.1 Å². The zero-order valence-corrected chi connectivity index (χ0v) is 12.8. The molecule has 3 aromatic rings. The molecular formula is C19H19N3O. The lowest BCUT2D eigenvalue weighted by atomic mass is 9.87. The molecule has 1 N–H and O–H groups in total. The van der Waals surface area contributed by atoms with Gasteiger partial charge in [-0.1, -0.05) is 72.0 Å². The topological polar surface area (TPSA) is 50.9 Å². The summed E-state index contributed by atoms with van der Waals surface area (Å²) in [6, 6.07) is 20.4. The number of hydrogen-bond donors (Lipinski definition) is 1. The molecule has 1 aromatic heterocycles. The second-order valence-electron chi connectivity index (χ2n) is 5.30. The predicted octanol–water partition coefficient (Wildman–Crippen LogP) is 3.14. The fourth-order valence-corrected chi connectivity index (χ4v) is 2.84. The maximum atomic E-state index is 9.70. The van der Waals surface area contributed by atoms with Crippen LogP contribution in [0.25, 0.3) is 0 Å². The van der Waals surface area contributed by atoms with Crippen LogP contribution < -0.4 is 0 Å². The van der Waals surface area contributed by atoms with Crippen LogP contribution in [0.2, 0.25) is 0 Å². The van der Waals surface area contributed by atoms with Gasteiger partial charge in [0.1, 0.15) is 5.69 Å². The van der Waals surface area contributed by atoms with Crippen LogP contribution in [0.15, 0.2) is 73.3 Å². The van der Waals surface area contributed by atoms with E-state index < -0.39 is 0 Å². The van der Waals surface area contributed by atoms with Gasteiger partial charge in [-0.3, -0.25) is 0 Å². The third-order valence-electron chi connectivity index (χ3n) is 3.84. The highest BCUT2D eigenvalue weighted by Crippen LogP contribution is 2.33. The minimum atomic E-state index is -0.136. The monoisotopic (exact) mass is 305 g/mol. The molecule has 0 saturated carbocycles. The highest BCUT2D eigenvalue weighted by molar-refractivity contribution is 5.41. The first-order valence-corrected chi connectivity index (χ1v) is 7.59. The van der Waals surface area contributed by atoms with E-state index in [2.05, 4.69) is 41.2 Å². The number of benzene rings is 2. The van der Waals surface area contributed by atoms with Gasteiger partial charge in [0.2, 0.25) is 0 Å². The largest absolute Gasteiger partial charge is 0.390 e. The van der Waals surface area contributed by atoms with Crippen molar-refractivity contribution in [2.24, 2.45) is 0 Å². The molecule has 4 heteroatoms. The molecule has 0 fully saturated rings. The highest BCUT2D eigenvalue weighted by Gasteiger charge is 2.25. The molecule has 116 valence electrons. The van der Waals surface area contributed by atoms with Gasteiger partial charge in [0, 0.05) is 0 Å². The second-order valence-corrected chi connectivity index (χ2v) is 5.30. The number of aliphatic hydroxyl groups is 1. The molecule has 0 aliphatic rings. The lowest BCUT2D eigenvalue weighted by molar-refractivity contribution is 0.275. The van der Waals surface area contributed by atoms with Crippen LogP contribution in [-0.2, 0) is 13.2 Å². The van der Waals surface area contributed by atoms with Gasteiger partial charge in [-0.15, -0.1) is 11.7 Å². The minimum absolute atomic E-state index is 0.0329. The van der Waals surface area contributed by atoms with Crippen molar-refractivity contribution in [3.63, 3.8) is 0 Å². The Morgan fingerprint density at radius 1 is 1.00 bits per heavy atom. The van der Waals surface area contributed by atoms with Gasteiger partial charge in [0.25, 0.3) is 0 Å². The number of hydrogen-bond acceptors (Lipinski definition) is 3. The van der Waals surface area contributed by atoms with Crippen LogP contribution in [0.3, 0.4) is 0 Å². The summed E-state index contributed by atoms with van der Waals surface area (Å²) in [4.78, 5) is 0. The minimum Gasteiger partial charge on any atom is -0.390 e. The lowest BCUT2D eigenvalue weighted by Gasteiger charge is -2.20. The van der Waals surface area contributed by atoms with E-state index in [0.29, 0.717) is 12.2 Å². The van der Waals surface area contributed by atoms with E-state index in [1.165, 1.54) is 0 Å². The first-order chi connectivity index (χ1) is 11.3. The Morgan fingerprint density at radius 2 is 1.57 bits per heavy atom. The predicted molar refractivity (Wildman–Crippen MR) is 90.0 cm³/mol. The summed E-state index contributed by atoms with van der Waals surface area (Å²) in [5.74, 6) is -0.0329. The van der Waals surface area contributed by atoms with E-state index in [1.54, 1.807) is 6.08 Å². The van der Waals surface area contributed by atoms with E-state index >= 15 is 0 Å². The van der Waals surface area contributed by atoms with Crippen LogP contribution in [0.4, 0.5) is 0 Å². The summed E-state index contributed by atoms with van der Waals surface area (Å²) in [7, 11) is 0. The molecule has 2 aromatic carbocycles. The normalized spacial score (nSPS) is 10.9. The van der Waals surface area contributed by atoms with Gasteiger partial charge in [-0.2, -0.15) is 0 Å². The molecule has 0 unspecified atom stereocenters. The molecule has 0 aliphatic heterocycles. The first kappa shape index (κ1) is 15.2. The summed E-state index contributed by atoms with van der Waals surface area (Å²) >= 11 is 0. The Labute approximate surface area is 135 Å². The maximum absolute atomic E-state index is 9.70. The molecule has 0 bridgehead atoms. The van der Waals surface area contributed by atoms with Crippen molar-refractivity contribution in [2.45, 2.75) is 19.1 Å². The third kappa shape index (κ3) is 3.07. The first-order valence-electron chi connectivity index (χ1n) is 7.59. The maximum Gasteiger partial charge on any atom is 0.112 e. The van der Waals surface area contributed by atoms with Crippen LogP contribution in [0.5, 0.6) is 0 Å². The SMILES string of the molecule is C=CCn1nnc(CO)c1C(c1ccccc1)c1ccccc1. The van der Waals surface area contributed by atoms with Crippen molar-refractivity contribution >= 4 is 0 Å². The summed E-state index contributed by atoms with van der Waals surface area (Å²) in [6.45, 7) is 4.20. The highest BCUT2D eigenvalue weighted by atomic mass is 16.3. The molecule has 0 atom stereocenters. The average molecular weight is 305 g/mol. The van der Waals surface area contributed by atoms with Gasteiger partial charge in [0.15, 0.2) is 0 Å². The molecule has 23 heavy (non-hydrogen) atoms. The van der Waals surface area contributed by atoms with Crippen molar-refractivity contribution in [3.05, 3.63) is 95.8 Å². The van der Waals surface area contributed by atoms with Crippen LogP contribution in [-0.4, -0.2) is 20.1 Å². The fourth-order valence-electron chi connectivity index (χ4n) is 2.84. The van der Waals surface area contributed by atoms with Crippen molar-refractivity contribution in [3.8, 4) is 0 Å². The summed E-state index contributed by atoms with van der Waals surface area (Å²) < 4.78 is 1.81. The van der Waals surface area contributed by atoms with Gasteiger partial charge in [0.05, 0.1) is 24.8 Å². The van der Waals surface area contributed by atoms with Crippen LogP contribution in [0, 0.1) is 0 Å². The molecule has 0 amide bonds. The van der Waals surface area contributed by atoms with E-state index in [1.807, 2.05) is 41.1 Å². The third-order valence-corrected chi connectivity index (χ3v) is 3.84. The number of aromatic nitrogens is 3. The molecule has 4 nitrogen and oxygen atoms in total. The standard InChI is InChI=1S/C19H19N3O/c1-2-13-22-19(17(14-23)20-21-22)18(15-9-5-3-6-10-15)16-11-7-4-8-12-16/h2-12,18,23H,1,13-14H2. The summed E-state index contributed by atoms with van der Waals surface area (Å²) in [5.41, 5.74) is 3.79. The van der Waals surface area contributed by atoms with Crippen molar-refractivity contribution < 1.29 is 5.11 Å². The van der Waals surface area contributed by atoms with Crippen molar-refractivity contribution in [1.29, 1.82) is 0 Å². The van der Waals surface area contributed by atoms with E-state index in [4.69, 9.17) is 0 Å². The van der Waals surface area contributed by atoms with Gasteiger partial charge in [-0.25, -0.2) is 4.68 Å². The Balaban J connectivity index is 2.20. The number of allylic oxidation sites excluding steroid dienone is 1.